The van der Waals surface area contributed by atoms with E-state index in [4.69, 9.17) is 9.57 Å². The van der Waals surface area contributed by atoms with Crippen molar-refractivity contribution < 1.29 is 29.4 Å². The van der Waals surface area contributed by atoms with Crippen molar-refractivity contribution in [2.45, 2.75) is 104 Å². The van der Waals surface area contributed by atoms with Gasteiger partial charge in [-0.1, -0.05) is 83.1 Å². The average Bonchev–Trinajstić information content (AvgIpc) is 3.53. The Hall–Kier alpha value is -3.96. The third-order valence-corrected chi connectivity index (χ3v) is 13.1. The van der Waals surface area contributed by atoms with Crippen LogP contribution in [0, 0.1) is 35.0 Å². The zero-order valence-electron chi connectivity index (χ0n) is 34.8. The van der Waals surface area contributed by atoms with Crippen LogP contribution in [-0.2, 0) is 22.6 Å². The highest BCUT2D eigenvalue weighted by Crippen LogP contribution is 2.61. The molecule has 7 rings (SSSR count). The Kier molecular flexibility index (Phi) is 12.8. The lowest BCUT2D eigenvalue weighted by molar-refractivity contribution is -0.183. The first-order valence-electron chi connectivity index (χ1n) is 20.5. The summed E-state index contributed by atoms with van der Waals surface area (Å²) in [6, 6.07) is 21.1. The number of benzene rings is 3. The second-order valence-corrected chi connectivity index (χ2v) is 17.9. The van der Waals surface area contributed by atoms with E-state index in [0.717, 1.165) is 41.6 Å². The smallest absolute Gasteiger partial charge is 0.251 e. The van der Waals surface area contributed by atoms with Crippen molar-refractivity contribution in [1.29, 1.82) is 0 Å². The quantitative estimate of drug-likeness (QED) is 0.139. The molecule has 3 aromatic rings. The summed E-state index contributed by atoms with van der Waals surface area (Å²) in [7, 11) is 5.53. The number of rotatable bonds is 15. The van der Waals surface area contributed by atoms with Crippen molar-refractivity contribution in [3.63, 3.8) is 0 Å². The van der Waals surface area contributed by atoms with E-state index in [2.05, 4.69) is 57.4 Å². The molecule has 4 aliphatic rings. The van der Waals surface area contributed by atoms with Crippen LogP contribution in [-0.4, -0.2) is 85.2 Å². The number of hydrogen-bond acceptors (Lipinski definition) is 8. The molecule has 304 valence electrons. The number of hydrogen-bond donors (Lipinski definition) is 4. The summed E-state index contributed by atoms with van der Waals surface area (Å²) < 4.78 is 6.12. The predicted octanol–water partition coefficient (Wildman–Crippen LogP) is 6.48. The Bertz CT molecular complexity index is 1830. The minimum absolute atomic E-state index is 0.0353. The number of carbonyl (C=O) groups excluding carboxylic acids is 2. The lowest BCUT2D eigenvalue weighted by atomic mass is 9.45. The van der Waals surface area contributed by atoms with E-state index in [1.807, 2.05) is 73.6 Å². The number of amides is 2. The number of carbonyl (C=O) groups is 2. The summed E-state index contributed by atoms with van der Waals surface area (Å²) >= 11 is 0. The number of para-hydroxylation sites is 1. The largest absolute Gasteiger partial charge is 0.496 e. The lowest BCUT2D eigenvalue weighted by Gasteiger charge is -2.62. The van der Waals surface area contributed by atoms with Crippen molar-refractivity contribution in [3.05, 3.63) is 83.4 Å². The van der Waals surface area contributed by atoms with Crippen molar-refractivity contribution >= 4 is 17.5 Å². The fraction of sp³-hybridized carbons (Fsp3) is 0.565. The molecule has 0 unspecified atom stereocenters. The predicted molar refractivity (Wildman–Crippen MR) is 221 cm³/mol. The van der Waals surface area contributed by atoms with Gasteiger partial charge in [0.15, 0.2) is 0 Å². The molecule has 9 atom stereocenters. The Morgan fingerprint density at radius 2 is 1.77 bits per heavy atom. The topological polar surface area (TPSA) is 124 Å². The van der Waals surface area contributed by atoms with E-state index < -0.39 is 24.2 Å². The van der Waals surface area contributed by atoms with Gasteiger partial charge in [-0.05, 0) is 91.0 Å². The molecule has 56 heavy (non-hydrogen) atoms. The van der Waals surface area contributed by atoms with E-state index in [-0.39, 0.29) is 42.5 Å². The molecule has 2 amide bonds. The zero-order chi connectivity index (χ0) is 40.5. The molecule has 10 heteroatoms. The van der Waals surface area contributed by atoms with Crippen molar-refractivity contribution in [2.75, 3.05) is 32.7 Å². The molecule has 1 heterocycles. The molecule has 2 bridgehead atoms. The van der Waals surface area contributed by atoms with E-state index in [1.165, 1.54) is 12.0 Å². The van der Waals surface area contributed by atoms with E-state index in [1.54, 1.807) is 19.1 Å². The second-order valence-electron chi connectivity index (χ2n) is 17.9. The minimum Gasteiger partial charge on any atom is -0.496 e. The summed E-state index contributed by atoms with van der Waals surface area (Å²) in [4.78, 5) is 36.6. The maximum Gasteiger partial charge on any atom is 0.251 e. The Balaban J connectivity index is 1.28. The van der Waals surface area contributed by atoms with E-state index in [0.29, 0.717) is 35.0 Å². The Morgan fingerprint density at radius 3 is 2.38 bits per heavy atom. The van der Waals surface area contributed by atoms with Crippen LogP contribution in [0.25, 0.3) is 11.1 Å². The van der Waals surface area contributed by atoms with Gasteiger partial charge in [0.25, 0.3) is 5.91 Å². The maximum atomic E-state index is 14.3. The van der Waals surface area contributed by atoms with Crippen LogP contribution in [0.5, 0.6) is 5.75 Å². The standard InChI is InChI=1S/C46H64N4O6/c1-27(2)18-35(19-30-14-11-10-12-15-30)47-44(53)33-20-32(21-36(22-33)49(7)8)37-17-13-16-31(43(37)55-9)25-50-42(41(29(4)52)40(26-51)56-50)45(54)48-39-24-34-23-38(28(39)3)46(34,5)6/h10-17,20-22,27-29,34-35,38-42,51-52H,18-19,23-26H2,1-9H3,(H,47,53)(H,48,54)/t28-,29-,34-,35-,38+,39-,40-,41+,42-/m0/s1. The van der Waals surface area contributed by atoms with Gasteiger partial charge in [0.05, 0.1) is 26.4 Å². The van der Waals surface area contributed by atoms with Crippen LogP contribution in [0.1, 0.15) is 82.3 Å². The highest BCUT2D eigenvalue weighted by Gasteiger charge is 2.57. The molecular weight excluding hydrogens is 705 g/mol. The van der Waals surface area contributed by atoms with Gasteiger partial charge in [-0.15, -0.1) is 0 Å². The first-order chi connectivity index (χ1) is 26.6. The molecule has 0 spiro atoms. The highest BCUT2D eigenvalue weighted by atomic mass is 16.7. The van der Waals surface area contributed by atoms with Crippen LogP contribution >= 0.6 is 0 Å². The zero-order valence-corrected chi connectivity index (χ0v) is 34.8. The SMILES string of the molecule is COc1c(CN2O[C@@H](CO)[C@@H]([C@H](C)O)[C@H]2C(=O)N[C@H]2C[C@@H]3C[C@H]([C@@H]2C)C3(C)C)cccc1-c1cc(C(=O)N[C@H](Cc2ccccc2)CC(C)C)cc(N(C)C)c1. The number of fused-ring (bicyclic) bond motifs is 2. The van der Waals surface area contributed by atoms with Gasteiger partial charge in [-0.25, -0.2) is 0 Å². The molecule has 1 saturated heterocycles. The molecule has 1 aliphatic heterocycles. The third-order valence-electron chi connectivity index (χ3n) is 13.1. The number of hydroxylamine groups is 2. The van der Waals surface area contributed by atoms with Gasteiger partial charge in [-0.2, -0.15) is 5.06 Å². The van der Waals surface area contributed by atoms with Crippen molar-refractivity contribution in [3.8, 4) is 16.9 Å². The normalized spacial score (nSPS) is 26.6. The fourth-order valence-electron chi connectivity index (χ4n) is 9.92. The molecule has 0 aromatic heterocycles. The number of aliphatic hydroxyl groups is 2. The van der Waals surface area contributed by atoms with Gasteiger partial charge in [-0.3, -0.25) is 14.4 Å². The van der Waals surface area contributed by atoms with Crippen molar-refractivity contribution in [2.24, 2.45) is 35.0 Å². The highest BCUT2D eigenvalue weighted by molar-refractivity contribution is 5.97. The summed E-state index contributed by atoms with van der Waals surface area (Å²) in [6.45, 7) is 12.7. The molecular formula is C46H64N4O6. The van der Waals surface area contributed by atoms with Gasteiger partial charge in [0, 0.05) is 54.5 Å². The number of nitrogens with one attached hydrogen (secondary N) is 2. The first-order valence-corrected chi connectivity index (χ1v) is 20.5. The van der Waals surface area contributed by atoms with Gasteiger partial charge in [0.2, 0.25) is 5.91 Å². The summed E-state index contributed by atoms with van der Waals surface area (Å²) in [5, 5.41) is 29.7. The number of aliphatic hydroxyl groups excluding tert-OH is 2. The maximum absolute atomic E-state index is 14.3. The van der Waals surface area contributed by atoms with E-state index in [9.17, 15) is 19.8 Å². The average molecular weight is 769 g/mol. The summed E-state index contributed by atoms with van der Waals surface area (Å²) in [5.41, 5.74) is 5.23. The second kappa shape index (κ2) is 17.3. The fourth-order valence-corrected chi connectivity index (χ4v) is 9.92. The number of nitrogens with zero attached hydrogens (tertiary/aromatic N) is 2. The monoisotopic (exact) mass is 768 g/mol. The molecule has 0 radical (unpaired) electrons. The minimum atomic E-state index is -0.900. The molecule has 10 nitrogen and oxygen atoms in total. The summed E-state index contributed by atoms with van der Waals surface area (Å²) in [5.74, 6) is 1.47. The number of methoxy groups -OCH3 is 1. The molecule has 3 saturated carbocycles. The lowest BCUT2D eigenvalue weighted by Crippen LogP contribution is -2.62. The van der Waals surface area contributed by atoms with Crippen LogP contribution in [0.3, 0.4) is 0 Å². The number of ether oxygens (including phenoxy) is 1. The molecule has 4 fully saturated rings. The molecule has 4 N–H and O–H groups in total. The number of anilines is 1. The Morgan fingerprint density at radius 1 is 1.04 bits per heavy atom. The van der Waals surface area contributed by atoms with Crippen LogP contribution in [0.15, 0.2) is 66.7 Å². The molecule has 3 aliphatic carbocycles. The third kappa shape index (κ3) is 8.64. The van der Waals surface area contributed by atoms with Gasteiger partial charge in [0.1, 0.15) is 17.9 Å². The van der Waals surface area contributed by atoms with Gasteiger partial charge < -0.3 is 30.5 Å². The Labute approximate surface area is 333 Å². The molecule has 3 aromatic carbocycles. The van der Waals surface area contributed by atoms with E-state index >= 15 is 0 Å². The summed E-state index contributed by atoms with van der Waals surface area (Å²) in [6.07, 6.45) is 2.07. The van der Waals surface area contributed by atoms with Crippen molar-refractivity contribution in [1.82, 2.24) is 15.7 Å². The van der Waals surface area contributed by atoms with Crippen LogP contribution in [0.2, 0.25) is 0 Å². The van der Waals surface area contributed by atoms with Gasteiger partial charge >= 0.3 is 0 Å². The van der Waals surface area contributed by atoms with Crippen LogP contribution in [0.4, 0.5) is 5.69 Å². The first kappa shape index (κ1) is 41.7. The van der Waals surface area contributed by atoms with Crippen LogP contribution < -0.4 is 20.3 Å².